The van der Waals surface area contributed by atoms with Crippen LogP contribution in [0.2, 0.25) is 0 Å². The summed E-state index contributed by atoms with van der Waals surface area (Å²) in [6, 6.07) is 0. The molecule has 0 bridgehead atoms. The average Bonchev–Trinajstić information content (AvgIpc) is 2.22. The molecule has 0 saturated carbocycles. The number of hydrogen-bond donors (Lipinski definition) is 0. The zero-order valence-electron chi connectivity index (χ0n) is 9.19. The molecule has 5 heteroatoms. The number of esters is 1. The summed E-state index contributed by atoms with van der Waals surface area (Å²) in [7, 11) is 0. The van der Waals surface area contributed by atoms with Crippen molar-refractivity contribution in [3.63, 3.8) is 0 Å². The van der Waals surface area contributed by atoms with Gasteiger partial charge in [-0.15, -0.1) is 0 Å². The van der Waals surface area contributed by atoms with Crippen LogP contribution in [-0.4, -0.2) is 23.0 Å². The van der Waals surface area contributed by atoms with Crippen LogP contribution in [0.5, 0.6) is 0 Å². The van der Waals surface area contributed by atoms with Gasteiger partial charge in [0, 0.05) is 24.3 Å². The highest BCUT2D eigenvalue weighted by molar-refractivity contribution is 5.81. The molecule has 1 atom stereocenters. The molecule has 0 heterocycles. The number of carbonyl (C=O) groups is 1. The third-order valence-corrected chi connectivity index (χ3v) is 2.20. The number of unbranched alkanes of at least 4 members (excludes halogenated alkanes) is 1. The summed E-state index contributed by atoms with van der Waals surface area (Å²) in [6.45, 7) is 6.46. The Morgan fingerprint density at radius 2 is 2.27 bits per heavy atom. The lowest BCUT2D eigenvalue weighted by Crippen LogP contribution is -2.40. The van der Waals surface area contributed by atoms with Gasteiger partial charge in [-0.1, -0.05) is 19.9 Å². The number of nitro groups is 1. The summed E-state index contributed by atoms with van der Waals surface area (Å²) < 4.78 is 4.72. The minimum Gasteiger partial charge on any atom is -0.455 e. The van der Waals surface area contributed by atoms with E-state index in [1.165, 1.54) is 6.92 Å². The SMILES string of the molecule is C=CC(=O)OCC(C)(CCCC)[N+](=O)[O-]. The van der Waals surface area contributed by atoms with E-state index < -0.39 is 11.5 Å². The highest BCUT2D eigenvalue weighted by Crippen LogP contribution is 2.18. The molecule has 0 amide bonds. The van der Waals surface area contributed by atoms with Gasteiger partial charge >= 0.3 is 5.97 Å². The van der Waals surface area contributed by atoms with Crippen molar-refractivity contribution < 1.29 is 14.5 Å². The number of carbonyl (C=O) groups excluding carboxylic acids is 1. The largest absolute Gasteiger partial charge is 0.455 e. The Hall–Kier alpha value is -1.39. The molecule has 0 fully saturated rings. The molecule has 5 nitrogen and oxygen atoms in total. The molecule has 0 aromatic carbocycles. The second kappa shape index (κ2) is 6.16. The van der Waals surface area contributed by atoms with Gasteiger partial charge in [0.05, 0.1) is 0 Å². The van der Waals surface area contributed by atoms with Crippen molar-refractivity contribution in [2.75, 3.05) is 6.61 Å². The first-order chi connectivity index (χ1) is 6.96. The topological polar surface area (TPSA) is 69.4 Å². The number of ether oxygens (including phenoxy) is 1. The molecule has 0 aliphatic rings. The molecule has 15 heavy (non-hydrogen) atoms. The fourth-order valence-electron chi connectivity index (χ4n) is 1.06. The van der Waals surface area contributed by atoms with Crippen LogP contribution in [0.4, 0.5) is 0 Å². The molecule has 0 N–H and O–H groups in total. The summed E-state index contributed by atoms with van der Waals surface area (Å²) in [4.78, 5) is 21.2. The maximum Gasteiger partial charge on any atom is 0.330 e. The van der Waals surface area contributed by atoms with Crippen molar-refractivity contribution in [3.8, 4) is 0 Å². The van der Waals surface area contributed by atoms with E-state index in [9.17, 15) is 14.9 Å². The fourth-order valence-corrected chi connectivity index (χ4v) is 1.06. The van der Waals surface area contributed by atoms with Gasteiger partial charge in [-0.05, 0) is 6.42 Å². The van der Waals surface area contributed by atoms with Gasteiger partial charge < -0.3 is 4.74 Å². The maximum atomic E-state index is 10.8. The molecule has 0 aliphatic heterocycles. The molecule has 0 spiro atoms. The van der Waals surface area contributed by atoms with Crippen LogP contribution in [0.1, 0.15) is 33.1 Å². The second-order valence-electron chi connectivity index (χ2n) is 3.67. The van der Waals surface area contributed by atoms with Gasteiger partial charge in [0.15, 0.2) is 6.61 Å². The molecule has 0 saturated heterocycles. The van der Waals surface area contributed by atoms with Crippen LogP contribution in [0.25, 0.3) is 0 Å². The van der Waals surface area contributed by atoms with Crippen molar-refractivity contribution in [1.29, 1.82) is 0 Å². The lowest BCUT2D eigenvalue weighted by molar-refractivity contribution is -0.569. The van der Waals surface area contributed by atoms with Gasteiger partial charge in [0.1, 0.15) is 0 Å². The van der Waals surface area contributed by atoms with E-state index >= 15 is 0 Å². The molecular formula is C10H17NO4. The zero-order chi connectivity index (χ0) is 11.9. The average molecular weight is 215 g/mol. The maximum absolute atomic E-state index is 10.8. The van der Waals surface area contributed by atoms with Gasteiger partial charge in [0.2, 0.25) is 0 Å². The van der Waals surface area contributed by atoms with Crippen molar-refractivity contribution in [3.05, 3.63) is 22.8 Å². The normalized spacial score (nSPS) is 14.0. The molecule has 0 radical (unpaired) electrons. The summed E-state index contributed by atoms with van der Waals surface area (Å²) in [6.07, 6.45) is 3.02. The van der Waals surface area contributed by atoms with Gasteiger partial charge in [0.25, 0.3) is 5.54 Å². The zero-order valence-corrected chi connectivity index (χ0v) is 9.19. The van der Waals surface area contributed by atoms with E-state index in [1.807, 2.05) is 6.92 Å². The van der Waals surface area contributed by atoms with Gasteiger partial charge in [-0.3, -0.25) is 10.1 Å². The molecule has 0 rings (SSSR count). The van der Waals surface area contributed by atoms with Gasteiger partial charge in [-0.25, -0.2) is 4.79 Å². The first kappa shape index (κ1) is 13.6. The predicted molar refractivity (Wildman–Crippen MR) is 56.1 cm³/mol. The Bertz CT molecular complexity index is 252. The number of rotatable bonds is 7. The van der Waals surface area contributed by atoms with Crippen LogP contribution in [-0.2, 0) is 9.53 Å². The first-order valence-electron chi connectivity index (χ1n) is 4.90. The van der Waals surface area contributed by atoms with E-state index in [4.69, 9.17) is 4.74 Å². The van der Waals surface area contributed by atoms with E-state index in [2.05, 4.69) is 6.58 Å². The van der Waals surface area contributed by atoms with Crippen LogP contribution in [0, 0.1) is 10.1 Å². The smallest absolute Gasteiger partial charge is 0.330 e. The summed E-state index contributed by atoms with van der Waals surface area (Å²) >= 11 is 0. The third kappa shape index (κ3) is 4.58. The van der Waals surface area contributed by atoms with Crippen molar-refractivity contribution in [1.82, 2.24) is 0 Å². The predicted octanol–water partition coefficient (Wildman–Crippen LogP) is 1.94. The monoisotopic (exact) mass is 215 g/mol. The Balaban J connectivity index is 4.31. The van der Waals surface area contributed by atoms with Crippen LogP contribution in [0.3, 0.4) is 0 Å². The second-order valence-corrected chi connectivity index (χ2v) is 3.67. The van der Waals surface area contributed by atoms with E-state index in [1.54, 1.807) is 0 Å². The van der Waals surface area contributed by atoms with Gasteiger partial charge in [-0.2, -0.15) is 0 Å². The number of nitrogens with zero attached hydrogens (tertiary/aromatic N) is 1. The van der Waals surface area contributed by atoms with Crippen molar-refractivity contribution in [2.24, 2.45) is 0 Å². The van der Waals surface area contributed by atoms with Crippen LogP contribution in [0.15, 0.2) is 12.7 Å². The van der Waals surface area contributed by atoms with Crippen LogP contribution >= 0.6 is 0 Å². The third-order valence-electron chi connectivity index (χ3n) is 2.20. The fraction of sp³-hybridized carbons (Fsp3) is 0.700. The van der Waals surface area contributed by atoms with E-state index in [0.29, 0.717) is 6.42 Å². The lowest BCUT2D eigenvalue weighted by atomic mass is 9.97. The minimum atomic E-state index is -1.19. The summed E-state index contributed by atoms with van der Waals surface area (Å²) in [5.74, 6) is -0.625. The quantitative estimate of drug-likeness (QED) is 0.281. The highest BCUT2D eigenvalue weighted by atomic mass is 16.6. The molecule has 0 aliphatic carbocycles. The van der Waals surface area contributed by atoms with E-state index in [0.717, 1.165) is 18.9 Å². The Kier molecular flexibility index (Phi) is 5.59. The van der Waals surface area contributed by atoms with Crippen molar-refractivity contribution >= 4 is 5.97 Å². The van der Waals surface area contributed by atoms with Crippen molar-refractivity contribution in [2.45, 2.75) is 38.6 Å². The minimum absolute atomic E-state index is 0.204. The standard InChI is InChI=1S/C10H17NO4/c1-4-6-7-10(3,11(13)14)8-15-9(12)5-2/h5H,2,4,6-8H2,1,3H3. The van der Waals surface area contributed by atoms with E-state index in [-0.39, 0.29) is 11.5 Å². The molecule has 86 valence electrons. The number of hydrogen-bond acceptors (Lipinski definition) is 4. The molecule has 0 aromatic rings. The van der Waals surface area contributed by atoms with Crippen LogP contribution < -0.4 is 0 Å². The molecule has 1 unspecified atom stereocenters. The Morgan fingerprint density at radius 3 is 2.67 bits per heavy atom. The highest BCUT2D eigenvalue weighted by Gasteiger charge is 2.37. The lowest BCUT2D eigenvalue weighted by Gasteiger charge is -2.19. The summed E-state index contributed by atoms with van der Waals surface area (Å²) in [5.41, 5.74) is -1.19. The Morgan fingerprint density at radius 1 is 1.67 bits per heavy atom. The molecule has 0 aromatic heterocycles. The first-order valence-corrected chi connectivity index (χ1v) is 4.90. The molecular weight excluding hydrogens is 198 g/mol. The summed E-state index contributed by atoms with van der Waals surface area (Å²) in [5, 5.41) is 10.8. The Labute approximate surface area is 89.3 Å².